The Morgan fingerprint density at radius 3 is 2.76 bits per heavy atom. The Bertz CT molecular complexity index is 1200. The van der Waals surface area contributed by atoms with Gasteiger partial charge in [0.05, 0.1) is 50.1 Å². The second kappa shape index (κ2) is 8.66. The number of H-pyrrole nitrogens is 1. The first-order valence-corrected chi connectivity index (χ1v) is 11.3. The van der Waals surface area contributed by atoms with Gasteiger partial charge in [-0.25, -0.2) is 9.37 Å². The van der Waals surface area contributed by atoms with E-state index < -0.39 is 18.0 Å². The summed E-state index contributed by atoms with van der Waals surface area (Å²) in [5.41, 5.74) is 1.63. The summed E-state index contributed by atoms with van der Waals surface area (Å²) in [6.45, 7) is 3.26. The van der Waals surface area contributed by atoms with Crippen molar-refractivity contribution in [2.45, 2.75) is 24.4 Å². The average molecular weight is 472 g/mol. The minimum absolute atomic E-state index is 0.141. The number of nitrogens with zero attached hydrogens (tertiary/aromatic N) is 3. The van der Waals surface area contributed by atoms with Crippen molar-refractivity contribution in [2.24, 2.45) is 0 Å². The monoisotopic (exact) mass is 472 g/mol. The van der Waals surface area contributed by atoms with E-state index in [4.69, 9.17) is 23.7 Å². The van der Waals surface area contributed by atoms with Crippen molar-refractivity contribution in [3.05, 3.63) is 30.1 Å². The van der Waals surface area contributed by atoms with Gasteiger partial charge in [-0.1, -0.05) is 0 Å². The lowest BCUT2D eigenvalue weighted by atomic mass is 10.1. The number of hydrogen-bond donors (Lipinski definition) is 2. The number of rotatable bonds is 5. The van der Waals surface area contributed by atoms with Crippen molar-refractivity contribution >= 4 is 16.9 Å². The van der Waals surface area contributed by atoms with Gasteiger partial charge in [-0.3, -0.25) is 0 Å². The van der Waals surface area contributed by atoms with Gasteiger partial charge in [0, 0.05) is 25.2 Å². The van der Waals surface area contributed by atoms with Crippen LogP contribution in [0.2, 0.25) is 0 Å². The number of aromatic nitrogens is 3. The smallest absolute Gasteiger partial charge is 0.224 e. The largest absolute Gasteiger partial charge is 0.480 e. The van der Waals surface area contributed by atoms with Gasteiger partial charge >= 0.3 is 0 Å². The standard InChI is InChI=1S/C23H25FN4O6/c1-30-23-12(2-3-18(27-23)28-4-6-31-7-5-28)20-13(24)8-14-15(26-20)9-19(25-14)34-17-11-33-21-16(29)10-32-22(17)21/h2-3,8-9,16-17,21-22,25,29H,4-7,10-11H2,1H3/t16-,17-,21?,22?/m1/s1. The van der Waals surface area contributed by atoms with Gasteiger partial charge in [0.15, 0.2) is 17.8 Å². The second-order valence-electron chi connectivity index (χ2n) is 8.53. The zero-order valence-corrected chi connectivity index (χ0v) is 18.6. The summed E-state index contributed by atoms with van der Waals surface area (Å²) in [5, 5.41) is 9.91. The van der Waals surface area contributed by atoms with Crippen LogP contribution in [-0.2, 0) is 14.2 Å². The number of nitrogens with one attached hydrogen (secondary N) is 1. The molecule has 11 heteroatoms. The molecule has 0 radical (unpaired) electrons. The predicted molar refractivity (Wildman–Crippen MR) is 119 cm³/mol. The molecule has 4 atom stereocenters. The average Bonchev–Trinajstić information content (AvgIpc) is 3.55. The molecule has 10 nitrogen and oxygen atoms in total. The molecule has 3 saturated heterocycles. The quantitative estimate of drug-likeness (QED) is 0.571. The molecule has 0 bridgehead atoms. The molecular weight excluding hydrogens is 447 g/mol. The van der Waals surface area contributed by atoms with Crippen LogP contribution >= 0.6 is 0 Å². The van der Waals surface area contributed by atoms with Crippen LogP contribution < -0.4 is 14.4 Å². The number of halogens is 1. The lowest BCUT2D eigenvalue weighted by Gasteiger charge is -2.28. The molecule has 0 saturated carbocycles. The first kappa shape index (κ1) is 21.5. The first-order valence-electron chi connectivity index (χ1n) is 11.3. The summed E-state index contributed by atoms with van der Waals surface area (Å²) in [6, 6.07) is 6.70. The van der Waals surface area contributed by atoms with Crippen LogP contribution in [0, 0.1) is 5.82 Å². The van der Waals surface area contributed by atoms with E-state index in [0.717, 1.165) is 18.9 Å². The van der Waals surface area contributed by atoms with Crippen molar-refractivity contribution in [1.29, 1.82) is 0 Å². The fraction of sp³-hybridized carbons (Fsp3) is 0.478. The van der Waals surface area contributed by atoms with Gasteiger partial charge < -0.3 is 38.7 Å². The minimum atomic E-state index is -0.655. The van der Waals surface area contributed by atoms with E-state index in [1.54, 1.807) is 12.1 Å². The molecule has 34 heavy (non-hydrogen) atoms. The molecule has 2 unspecified atom stereocenters. The Labute approximate surface area is 194 Å². The van der Waals surface area contributed by atoms with Gasteiger partial charge in [0.1, 0.15) is 29.8 Å². The Kier molecular flexibility index (Phi) is 5.48. The lowest BCUT2D eigenvalue weighted by Crippen LogP contribution is -2.36. The number of methoxy groups -OCH3 is 1. The van der Waals surface area contributed by atoms with Crippen LogP contribution in [0.3, 0.4) is 0 Å². The second-order valence-corrected chi connectivity index (χ2v) is 8.53. The van der Waals surface area contributed by atoms with Crippen molar-refractivity contribution < 1.29 is 33.2 Å². The van der Waals surface area contributed by atoms with Gasteiger partial charge in [0.2, 0.25) is 5.88 Å². The summed E-state index contributed by atoms with van der Waals surface area (Å²) in [7, 11) is 1.51. The molecule has 3 aromatic rings. The maximum atomic E-state index is 15.1. The first-order chi connectivity index (χ1) is 16.6. The third kappa shape index (κ3) is 3.74. The molecule has 3 aliphatic rings. The number of fused-ring (bicyclic) bond motifs is 2. The van der Waals surface area contributed by atoms with E-state index in [1.807, 2.05) is 6.07 Å². The van der Waals surface area contributed by atoms with Crippen molar-refractivity contribution in [3.8, 4) is 23.0 Å². The molecule has 0 aliphatic carbocycles. The summed E-state index contributed by atoms with van der Waals surface area (Å²) < 4.78 is 43.2. The summed E-state index contributed by atoms with van der Waals surface area (Å²) >= 11 is 0. The van der Waals surface area contributed by atoms with Gasteiger partial charge in [-0.05, 0) is 12.1 Å². The number of aliphatic hydroxyl groups excluding tert-OH is 1. The Morgan fingerprint density at radius 2 is 1.94 bits per heavy atom. The van der Waals surface area contributed by atoms with Gasteiger partial charge in [-0.2, -0.15) is 4.98 Å². The van der Waals surface area contributed by atoms with E-state index in [-0.39, 0.29) is 24.5 Å². The third-order valence-corrected chi connectivity index (χ3v) is 6.42. The van der Waals surface area contributed by atoms with E-state index in [9.17, 15) is 5.11 Å². The molecule has 6 heterocycles. The summed E-state index contributed by atoms with van der Waals surface area (Å²) in [6.07, 6.45) is -1.77. The highest BCUT2D eigenvalue weighted by Gasteiger charge is 2.48. The van der Waals surface area contributed by atoms with Gasteiger partial charge in [0.25, 0.3) is 0 Å². The number of aromatic amines is 1. The molecule has 0 amide bonds. The molecule has 3 fully saturated rings. The number of aliphatic hydroxyl groups is 1. The fourth-order valence-corrected chi connectivity index (χ4v) is 4.70. The van der Waals surface area contributed by atoms with E-state index in [2.05, 4.69) is 19.9 Å². The lowest BCUT2D eigenvalue weighted by molar-refractivity contribution is 0.00794. The molecule has 2 N–H and O–H groups in total. The van der Waals surface area contributed by atoms with Crippen molar-refractivity contribution in [2.75, 3.05) is 51.5 Å². The zero-order chi connectivity index (χ0) is 23.2. The van der Waals surface area contributed by atoms with E-state index in [0.29, 0.717) is 48.2 Å². The van der Waals surface area contributed by atoms with Crippen molar-refractivity contribution in [1.82, 2.24) is 15.0 Å². The fourth-order valence-electron chi connectivity index (χ4n) is 4.70. The predicted octanol–water partition coefficient (Wildman–Crippen LogP) is 1.52. The third-order valence-electron chi connectivity index (χ3n) is 6.42. The highest BCUT2D eigenvalue weighted by molar-refractivity contribution is 5.82. The number of hydrogen-bond acceptors (Lipinski definition) is 9. The Balaban J connectivity index is 1.28. The Hall–Kier alpha value is -2.99. The topological polar surface area (TPSA) is 111 Å². The van der Waals surface area contributed by atoms with E-state index in [1.165, 1.54) is 13.2 Å². The number of ether oxygens (including phenoxy) is 5. The molecule has 3 aliphatic heterocycles. The molecule has 3 aromatic heterocycles. The number of pyridine rings is 2. The van der Waals surface area contributed by atoms with Crippen LogP contribution in [0.15, 0.2) is 24.3 Å². The van der Waals surface area contributed by atoms with Crippen LogP contribution in [-0.4, -0.2) is 91.1 Å². The molecule has 180 valence electrons. The molecular formula is C23H25FN4O6. The maximum Gasteiger partial charge on any atom is 0.224 e. The maximum absolute atomic E-state index is 15.1. The summed E-state index contributed by atoms with van der Waals surface area (Å²) in [4.78, 5) is 14.3. The van der Waals surface area contributed by atoms with Crippen LogP contribution in [0.4, 0.5) is 10.2 Å². The minimum Gasteiger partial charge on any atom is -0.480 e. The summed E-state index contributed by atoms with van der Waals surface area (Å²) in [5.74, 6) is 0.963. The van der Waals surface area contributed by atoms with Crippen LogP contribution in [0.25, 0.3) is 22.3 Å². The molecule has 0 aromatic carbocycles. The normalized spacial score (nSPS) is 26.7. The van der Waals surface area contributed by atoms with Crippen molar-refractivity contribution in [3.63, 3.8) is 0 Å². The Morgan fingerprint density at radius 1 is 1.12 bits per heavy atom. The van der Waals surface area contributed by atoms with Gasteiger partial charge in [-0.15, -0.1) is 0 Å². The number of morpholine rings is 1. The number of anilines is 1. The SMILES string of the molecule is COc1nc(N2CCOCC2)ccc1-c1nc2cc(O[C@@H]3COC4C3OC[C@H]4O)[nH]c2cc1F. The zero-order valence-electron chi connectivity index (χ0n) is 18.6. The highest BCUT2D eigenvalue weighted by atomic mass is 19.1. The van der Waals surface area contributed by atoms with E-state index >= 15 is 4.39 Å². The molecule has 6 rings (SSSR count). The van der Waals surface area contributed by atoms with Crippen LogP contribution in [0.1, 0.15) is 0 Å². The molecule has 0 spiro atoms. The van der Waals surface area contributed by atoms with Crippen LogP contribution in [0.5, 0.6) is 11.8 Å². The highest BCUT2D eigenvalue weighted by Crippen LogP contribution is 2.35.